The molecule has 0 bridgehead atoms. The molecule has 35 heavy (non-hydrogen) atoms. The van der Waals surface area contributed by atoms with Gasteiger partial charge in [0, 0.05) is 17.2 Å². The van der Waals surface area contributed by atoms with Gasteiger partial charge in [-0.2, -0.15) is 0 Å². The van der Waals surface area contributed by atoms with Crippen LogP contribution in [-0.4, -0.2) is 35.7 Å². The van der Waals surface area contributed by atoms with E-state index in [1.54, 1.807) is 25.1 Å². The van der Waals surface area contributed by atoms with Crippen LogP contribution in [0.25, 0.3) is 11.1 Å². The maximum absolute atomic E-state index is 12.6. The van der Waals surface area contributed by atoms with Gasteiger partial charge >= 0.3 is 12.1 Å². The predicted molar refractivity (Wildman–Crippen MR) is 134 cm³/mol. The topological polar surface area (TPSA) is 105 Å². The summed E-state index contributed by atoms with van der Waals surface area (Å²) in [5.74, 6) is -1.57. The number of amides is 2. The molecule has 7 heteroatoms. The van der Waals surface area contributed by atoms with Crippen molar-refractivity contribution in [3.05, 3.63) is 89.0 Å². The molecular weight excluding hydrogens is 444 g/mol. The van der Waals surface area contributed by atoms with Crippen molar-refractivity contribution >= 4 is 23.7 Å². The summed E-state index contributed by atoms with van der Waals surface area (Å²) in [7, 11) is 0. The summed E-state index contributed by atoms with van der Waals surface area (Å²) in [6.07, 6.45) is 0.404. The largest absolute Gasteiger partial charge is 0.480 e. The van der Waals surface area contributed by atoms with Crippen LogP contribution in [-0.2, 0) is 9.53 Å². The van der Waals surface area contributed by atoms with Crippen LogP contribution in [0.5, 0.6) is 0 Å². The van der Waals surface area contributed by atoms with Crippen molar-refractivity contribution in [2.24, 2.45) is 0 Å². The summed E-state index contributed by atoms with van der Waals surface area (Å²) < 4.78 is 5.59. The molecule has 1 aliphatic carbocycles. The fraction of sp³-hybridized carbons (Fsp3) is 0.250. The zero-order chi connectivity index (χ0) is 24.9. The molecule has 0 fully saturated rings. The van der Waals surface area contributed by atoms with Crippen molar-refractivity contribution in [2.75, 3.05) is 11.9 Å². The molecule has 0 aliphatic heterocycles. The van der Waals surface area contributed by atoms with E-state index in [9.17, 15) is 19.5 Å². The first-order valence-corrected chi connectivity index (χ1v) is 11.6. The molecular formula is C28H28N2O5. The average Bonchev–Trinajstić information content (AvgIpc) is 3.17. The molecule has 0 saturated carbocycles. The fourth-order valence-electron chi connectivity index (χ4n) is 4.48. The summed E-state index contributed by atoms with van der Waals surface area (Å²) in [5.41, 5.74) is 6.09. The third kappa shape index (κ3) is 5.19. The summed E-state index contributed by atoms with van der Waals surface area (Å²) in [6.45, 7) is 3.82. The number of nitrogens with one attached hydrogen (secondary N) is 2. The van der Waals surface area contributed by atoms with Crippen molar-refractivity contribution in [2.45, 2.75) is 38.6 Å². The highest BCUT2D eigenvalue weighted by atomic mass is 16.5. The first-order chi connectivity index (χ1) is 16.9. The number of ether oxygens (including phenoxy) is 1. The van der Waals surface area contributed by atoms with Crippen LogP contribution in [0.3, 0.4) is 0 Å². The van der Waals surface area contributed by atoms with Gasteiger partial charge in [-0.3, -0.25) is 10.1 Å². The Morgan fingerprint density at radius 1 is 0.971 bits per heavy atom. The second-order valence-corrected chi connectivity index (χ2v) is 8.63. The maximum atomic E-state index is 12.6. The number of hydrogen-bond donors (Lipinski definition) is 3. The highest BCUT2D eigenvalue weighted by molar-refractivity contribution is 5.97. The number of benzene rings is 3. The third-order valence-corrected chi connectivity index (χ3v) is 6.25. The highest BCUT2D eigenvalue weighted by Crippen LogP contribution is 2.44. The van der Waals surface area contributed by atoms with Crippen molar-refractivity contribution in [1.82, 2.24) is 5.32 Å². The minimum Gasteiger partial charge on any atom is -0.480 e. The van der Waals surface area contributed by atoms with Crippen LogP contribution in [0.15, 0.2) is 66.7 Å². The molecule has 0 spiro atoms. The van der Waals surface area contributed by atoms with Gasteiger partial charge in [0.2, 0.25) is 0 Å². The van der Waals surface area contributed by atoms with Gasteiger partial charge in [0.25, 0.3) is 5.91 Å². The number of carboxylic acid groups (broad SMARTS) is 1. The smallest absolute Gasteiger partial charge is 0.411 e. The summed E-state index contributed by atoms with van der Waals surface area (Å²) in [5, 5.41) is 14.5. The fourth-order valence-corrected chi connectivity index (χ4v) is 4.48. The molecule has 3 aromatic rings. The SMILES string of the molecule is CCC[C@@H](NC(=O)c1ccc(NC(=O)OCC2c3ccccc3-c3ccccc32)c(C)c1)C(=O)O. The van der Waals surface area contributed by atoms with Gasteiger partial charge in [-0.25, -0.2) is 9.59 Å². The van der Waals surface area contributed by atoms with E-state index in [4.69, 9.17) is 4.74 Å². The standard InChI is InChI=1S/C28H28N2O5/c1-3-8-25(27(32)33)29-26(31)18-13-14-24(17(2)15-18)30-28(34)35-16-23-21-11-6-4-9-19(21)20-10-5-7-12-22(20)23/h4-7,9-15,23,25H,3,8,16H2,1-2H3,(H,29,31)(H,30,34)(H,32,33)/t25-/m1/s1. The monoisotopic (exact) mass is 472 g/mol. The zero-order valence-electron chi connectivity index (χ0n) is 19.7. The van der Waals surface area contributed by atoms with E-state index in [-0.39, 0.29) is 12.5 Å². The summed E-state index contributed by atoms with van der Waals surface area (Å²) in [6, 6.07) is 20.1. The minimum absolute atomic E-state index is 0.0365. The quantitative estimate of drug-likeness (QED) is 0.411. The normalized spacial score (nSPS) is 12.9. The number of anilines is 1. The van der Waals surface area contributed by atoms with Crippen molar-refractivity contribution < 1.29 is 24.2 Å². The zero-order valence-corrected chi connectivity index (χ0v) is 19.7. The molecule has 180 valence electrons. The van der Waals surface area contributed by atoms with Gasteiger partial charge in [-0.15, -0.1) is 0 Å². The molecule has 0 saturated heterocycles. The van der Waals surface area contributed by atoms with Gasteiger partial charge in [-0.05, 0) is 59.4 Å². The Labute approximate surface area is 204 Å². The van der Waals surface area contributed by atoms with Gasteiger partial charge < -0.3 is 15.2 Å². The molecule has 0 heterocycles. The van der Waals surface area contributed by atoms with Crippen LogP contribution in [0.2, 0.25) is 0 Å². The Morgan fingerprint density at radius 3 is 2.17 bits per heavy atom. The molecule has 2 amide bonds. The van der Waals surface area contributed by atoms with E-state index >= 15 is 0 Å². The predicted octanol–water partition coefficient (Wildman–Crippen LogP) is 5.34. The second-order valence-electron chi connectivity index (χ2n) is 8.63. The van der Waals surface area contributed by atoms with E-state index in [0.717, 1.165) is 22.3 Å². The Morgan fingerprint density at radius 2 is 1.60 bits per heavy atom. The Hall–Kier alpha value is -4.13. The molecule has 7 nitrogen and oxygen atoms in total. The van der Waals surface area contributed by atoms with E-state index < -0.39 is 24.0 Å². The molecule has 0 radical (unpaired) electrons. The van der Waals surface area contributed by atoms with Gasteiger partial charge in [0.1, 0.15) is 12.6 Å². The highest BCUT2D eigenvalue weighted by Gasteiger charge is 2.29. The maximum Gasteiger partial charge on any atom is 0.411 e. The van der Waals surface area contributed by atoms with E-state index in [0.29, 0.717) is 29.7 Å². The van der Waals surface area contributed by atoms with Gasteiger partial charge in [0.05, 0.1) is 0 Å². The number of fused-ring (bicyclic) bond motifs is 3. The van der Waals surface area contributed by atoms with Crippen molar-refractivity contribution in [3.8, 4) is 11.1 Å². The van der Waals surface area contributed by atoms with E-state index in [1.165, 1.54) is 0 Å². The summed E-state index contributed by atoms with van der Waals surface area (Å²) >= 11 is 0. The van der Waals surface area contributed by atoms with Gasteiger partial charge in [0.15, 0.2) is 0 Å². The molecule has 0 unspecified atom stereocenters. The Balaban J connectivity index is 1.39. The molecule has 3 aromatic carbocycles. The molecule has 3 N–H and O–H groups in total. The third-order valence-electron chi connectivity index (χ3n) is 6.25. The van der Waals surface area contributed by atoms with Crippen LogP contribution >= 0.6 is 0 Å². The Bertz CT molecular complexity index is 1220. The van der Waals surface area contributed by atoms with Crippen LogP contribution in [0.1, 0.15) is 52.7 Å². The van der Waals surface area contributed by atoms with Crippen molar-refractivity contribution in [1.29, 1.82) is 0 Å². The molecule has 4 rings (SSSR count). The molecule has 1 aliphatic rings. The average molecular weight is 473 g/mol. The summed E-state index contributed by atoms with van der Waals surface area (Å²) in [4.78, 5) is 36.4. The van der Waals surface area contributed by atoms with Crippen molar-refractivity contribution in [3.63, 3.8) is 0 Å². The first kappa shape index (κ1) is 24.0. The molecule has 1 atom stereocenters. The number of carbonyl (C=O) groups excluding carboxylic acids is 2. The number of aryl methyl sites for hydroxylation is 1. The lowest BCUT2D eigenvalue weighted by Gasteiger charge is -2.16. The Kier molecular flexibility index (Phi) is 7.15. The lowest BCUT2D eigenvalue weighted by atomic mass is 9.98. The minimum atomic E-state index is -1.06. The second kappa shape index (κ2) is 10.4. The number of carbonyl (C=O) groups is 3. The van der Waals surface area contributed by atoms with Gasteiger partial charge in [-0.1, -0.05) is 61.9 Å². The lowest BCUT2D eigenvalue weighted by Crippen LogP contribution is -2.40. The van der Waals surface area contributed by atoms with E-state index in [2.05, 4.69) is 34.9 Å². The number of aliphatic carboxylic acids is 1. The number of rotatable bonds is 8. The lowest BCUT2D eigenvalue weighted by molar-refractivity contribution is -0.139. The number of hydrogen-bond acceptors (Lipinski definition) is 4. The first-order valence-electron chi connectivity index (χ1n) is 11.6. The van der Waals surface area contributed by atoms with Crippen LogP contribution in [0, 0.1) is 6.92 Å². The van der Waals surface area contributed by atoms with E-state index in [1.807, 2.05) is 31.2 Å². The van der Waals surface area contributed by atoms with Crippen LogP contribution < -0.4 is 10.6 Å². The number of carboxylic acids is 1. The van der Waals surface area contributed by atoms with Crippen LogP contribution in [0.4, 0.5) is 10.5 Å². The molecule has 0 aromatic heterocycles.